The van der Waals surface area contributed by atoms with Gasteiger partial charge in [-0.25, -0.2) is 9.19 Å². The molecule has 192 valence electrons. The maximum atomic E-state index is 12.4. The van der Waals surface area contributed by atoms with Crippen LogP contribution < -0.4 is 19.6 Å². The summed E-state index contributed by atoms with van der Waals surface area (Å²) in [6, 6.07) is 16.6. The summed E-state index contributed by atoms with van der Waals surface area (Å²) in [6.07, 6.45) is -2.03. The molecule has 0 spiro atoms. The number of hydrogen-bond acceptors (Lipinski definition) is 6. The van der Waals surface area contributed by atoms with E-state index < -0.39 is 6.36 Å². The van der Waals surface area contributed by atoms with Crippen LogP contribution in [0.1, 0.15) is 34.2 Å². The van der Waals surface area contributed by atoms with E-state index in [2.05, 4.69) is 24.3 Å². The standard InChI is InChI=1S/C26H23F3N4O3S/c1-16-4-3-5-17(2)24(16)31-25(34)33-37-30-15-18-6-9-20(10-7-18)36-32-23-13-8-19-14-21(11-12-22(19)23)35-26(27,28)29/h3-7,9-12,14-15H,8,13H2,1-2H3,(H2,31,33,34)/b30-15+,32-23-. The molecule has 1 aliphatic carbocycles. The van der Waals surface area contributed by atoms with Gasteiger partial charge in [0.1, 0.15) is 5.75 Å². The fourth-order valence-electron chi connectivity index (χ4n) is 3.77. The molecule has 2 N–H and O–H groups in total. The Morgan fingerprint density at radius 1 is 1.00 bits per heavy atom. The molecule has 0 saturated heterocycles. The van der Waals surface area contributed by atoms with E-state index in [1.165, 1.54) is 12.1 Å². The van der Waals surface area contributed by atoms with Crippen molar-refractivity contribution in [1.29, 1.82) is 0 Å². The van der Waals surface area contributed by atoms with Crippen molar-refractivity contribution in [3.8, 4) is 11.5 Å². The van der Waals surface area contributed by atoms with E-state index >= 15 is 0 Å². The quantitative estimate of drug-likeness (QED) is 0.202. The van der Waals surface area contributed by atoms with Gasteiger partial charge in [-0.2, -0.15) is 0 Å². The van der Waals surface area contributed by atoms with Crippen LogP contribution in [0.3, 0.4) is 0 Å². The van der Waals surface area contributed by atoms with Gasteiger partial charge in [0.25, 0.3) is 0 Å². The lowest BCUT2D eigenvalue weighted by molar-refractivity contribution is -0.274. The predicted molar refractivity (Wildman–Crippen MR) is 138 cm³/mol. The van der Waals surface area contributed by atoms with Gasteiger partial charge in [0.2, 0.25) is 0 Å². The molecule has 0 atom stereocenters. The first-order valence-corrected chi connectivity index (χ1v) is 12.0. The number of urea groups is 1. The lowest BCUT2D eigenvalue weighted by atomic mass is 10.1. The molecular formula is C26H23F3N4O3S. The van der Waals surface area contributed by atoms with Gasteiger partial charge in [-0.3, -0.25) is 4.72 Å². The summed E-state index contributed by atoms with van der Waals surface area (Å²) in [6.45, 7) is 3.85. The molecule has 2 amide bonds. The second-order valence-electron chi connectivity index (χ2n) is 8.21. The Bertz CT molecular complexity index is 1320. The van der Waals surface area contributed by atoms with Crippen LogP contribution in [0.25, 0.3) is 0 Å². The van der Waals surface area contributed by atoms with Crippen molar-refractivity contribution in [1.82, 2.24) is 4.72 Å². The fourth-order valence-corrected chi connectivity index (χ4v) is 4.13. The summed E-state index contributed by atoms with van der Waals surface area (Å²) in [4.78, 5) is 17.6. The third-order valence-corrected chi connectivity index (χ3v) is 5.99. The number of carbonyl (C=O) groups is 1. The number of aryl methyl sites for hydroxylation is 3. The van der Waals surface area contributed by atoms with Crippen LogP contribution in [0.2, 0.25) is 0 Å². The highest BCUT2D eigenvalue weighted by molar-refractivity contribution is 7.96. The van der Waals surface area contributed by atoms with Crippen LogP contribution in [0.15, 0.2) is 70.2 Å². The fraction of sp³-hybridized carbons (Fsp3) is 0.192. The molecule has 0 fully saturated rings. The molecule has 4 rings (SSSR count). The minimum absolute atomic E-state index is 0.249. The number of fused-ring (bicyclic) bond motifs is 1. The van der Waals surface area contributed by atoms with E-state index in [1.54, 1.807) is 36.5 Å². The molecule has 11 heteroatoms. The van der Waals surface area contributed by atoms with Crippen LogP contribution in [0.5, 0.6) is 11.5 Å². The highest BCUT2D eigenvalue weighted by Crippen LogP contribution is 2.30. The molecule has 0 radical (unpaired) electrons. The van der Waals surface area contributed by atoms with Gasteiger partial charge in [-0.1, -0.05) is 23.4 Å². The molecule has 37 heavy (non-hydrogen) atoms. The Hall–Kier alpha value is -3.99. The number of anilines is 1. The summed E-state index contributed by atoms with van der Waals surface area (Å²) in [7, 11) is 0. The van der Waals surface area contributed by atoms with Crippen molar-refractivity contribution < 1.29 is 27.5 Å². The predicted octanol–water partition coefficient (Wildman–Crippen LogP) is 6.74. The molecular weight excluding hydrogens is 505 g/mol. The normalized spacial score (nSPS) is 14.0. The summed E-state index contributed by atoms with van der Waals surface area (Å²) in [5, 5.41) is 6.99. The number of nitrogens with zero attached hydrogens (tertiary/aromatic N) is 2. The summed E-state index contributed by atoms with van der Waals surface area (Å²) >= 11 is 0.899. The monoisotopic (exact) mass is 528 g/mol. The first-order chi connectivity index (χ1) is 17.7. The molecule has 3 aromatic rings. The Morgan fingerprint density at radius 3 is 2.41 bits per heavy atom. The lowest BCUT2D eigenvalue weighted by Crippen LogP contribution is -2.23. The van der Waals surface area contributed by atoms with E-state index in [1.807, 2.05) is 32.0 Å². The van der Waals surface area contributed by atoms with Crippen molar-refractivity contribution in [3.63, 3.8) is 0 Å². The number of para-hydroxylation sites is 1. The van der Waals surface area contributed by atoms with Crippen molar-refractivity contribution >= 4 is 35.8 Å². The number of amides is 2. The number of hydrogen-bond donors (Lipinski definition) is 2. The van der Waals surface area contributed by atoms with Crippen LogP contribution in [0, 0.1) is 13.8 Å². The second-order valence-corrected chi connectivity index (χ2v) is 8.81. The van der Waals surface area contributed by atoms with Crippen molar-refractivity contribution in [3.05, 3.63) is 88.5 Å². The zero-order chi connectivity index (χ0) is 26.4. The lowest BCUT2D eigenvalue weighted by Gasteiger charge is -2.10. The maximum Gasteiger partial charge on any atom is 0.573 e. The van der Waals surface area contributed by atoms with Crippen molar-refractivity contribution in [2.75, 3.05) is 5.32 Å². The van der Waals surface area contributed by atoms with Gasteiger partial charge >= 0.3 is 12.4 Å². The topological polar surface area (TPSA) is 84.3 Å². The zero-order valence-corrected chi connectivity index (χ0v) is 20.7. The number of ether oxygens (including phenoxy) is 1. The molecule has 3 aromatic carbocycles. The van der Waals surface area contributed by atoms with Crippen molar-refractivity contribution in [2.45, 2.75) is 33.1 Å². The number of nitrogens with one attached hydrogen (secondary N) is 2. The number of benzene rings is 3. The molecule has 7 nitrogen and oxygen atoms in total. The number of carbonyl (C=O) groups excluding carboxylic acids is 1. The average Bonchev–Trinajstić information content (AvgIpc) is 3.25. The van der Waals surface area contributed by atoms with Gasteiger partial charge in [-0.05, 0) is 91.4 Å². The Kier molecular flexibility index (Phi) is 8.02. The zero-order valence-electron chi connectivity index (χ0n) is 19.9. The maximum absolute atomic E-state index is 12.4. The van der Waals surface area contributed by atoms with E-state index in [0.29, 0.717) is 24.3 Å². The summed E-state index contributed by atoms with van der Waals surface area (Å²) in [5.74, 6) is 0.245. The first-order valence-electron chi connectivity index (χ1n) is 11.2. The number of alkyl halides is 3. The van der Waals surface area contributed by atoms with E-state index in [4.69, 9.17) is 4.84 Å². The van der Waals surface area contributed by atoms with Gasteiger partial charge < -0.3 is 14.9 Å². The van der Waals surface area contributed by atoms with Crippen molar-refractivity contribution in [2.24, 2.45) is 9.55 Å². The molecule has 1 aliphatic rings. The average molecular weight is 529 g/mol. The number of rotatable bonds is 7. The van der Waals surface area contributed by atoms with Crippen LogP contribution in [-0.4, -0.2) is 24.3 Å². The van der Waals surface area contributed by atoms with Crippen LogP contribution >= 0.6 is 12.1 Å². The van der Waals surface area contributed by atoms with Gasteiger partial charge in [0, 0.05) is 17.5 Å². The Morgan fingerprint density at radius 2 is 1.70 bits per heavy atom. The van der Waals surface area contributed by atoms with E-state index in [0.717, 1.165) is 45.6 Å². The highest BCUT2D eigenvalue weighted by Gasteiger charge is 2.31. The Balaban J connectivity index is 1.27. The Labute approximate surface area is 216 Å². The third kappa shape index (κ3) is 7.26. The molecule has 0 saturated carbocycles. The molecule has 0 aromatic heterocycles. The SMILES string of the molecule is Cc1cccc(C)c1NC(=O)NS/N=C/c1ccc(O/N=C2/CCc3cc(OC(F)(F)F)ccc32)cc1. The molecule has 0 heterocycles. The minimum Gasteiger partial charge on any atom is -0.406 e. The van der Waals surface area contributed by atoms with Gasteiger partial charge in [-0.15, -0.1) is 13.2 Å². The molecule has 0 unspecified atom stereocenters. The second kappa shape index (κ2) is 11.4. The smallest absolute Gasteiger partial charge is 0.406 e. The van der Waals surface area contributed by atoms with Crippen LogP contribution in [0.4, 0.5) is 23.7 Å². The number of oxime groups is 1. The van der Waals surface area contributed by atoms with E-state index in [-0.39, 0.29) is 11.8 Å². The largest absolute Gasteiger partial charge is 0.573 e. The van der Waals surface area contributed by atoms with Gasteiger partial charge in [0.15, 0.2) is 5.75 Å². The summed E-state index contributed by atoms with van der Waals surface area (Å²) in [5.41, 5.74) is 5.61. The minimum atomic E-state index is -4.73. The number of halogens is 3. The molecule has 0 bridgehead atoms. The van der Waals surface area contributed by atoms with E-state index in [9.17, 15) is 18.0 Å². The first kappa shape index (κ1) is 26.1. The summed E-state index contributed by atoms with van der Waals surface area (Å²) < 4.78 is 48.0. The van der Waals surface area contributed by atoms with Crippen LogP contribution in [-0.2, 0) is 6.42 Å². The molecule has 0 aliphatic heterocycles. The highest BCUT2D eigenvalue weighted by atomic mass is 32.2. The third-order valence-electron chi connectivity index (χ3n) is 5.51. The van der Waals surface area contributed by atoms with Gasteiger partial charge in [0.05, 0.1) is 17.8 Å².